The van der Waals surface area contributed by atoms with Crippen molar-refractivity contribution in [1.82, 2.24) is 10.4 Å². The monoisotopic (exact) mass is 441 g/mol. The van der Waals surface area contributed by atoms with Gasteiger partial charge < -0.3 is 14.8 Å². The second-order valence-electron chi connectivity index (χ2n) is 8.44. The molecule has 1 heterocycles. The third kappa shape index (κ3) is 5.98. The van der Waals surface area contributed by atoms with Crippen LogP contribution in [0.25, 0.3) is 0 Å². The number of rotatable bonds is 5. The van der Waals surface area contributed by atoms with Gasteiger partial charge in [0.25, 0.3) is 5.91 Å². The van der Waals surface area contributed by atoms with E-state index in [9.17, 15) is 14.4 Å². The third-order valence-electron chi connectivity index (χ3n) is 4.77. The Labute approximate surface area is 186 Å². The lowest BCUT2D eigenvalue weighted by molar-refractivity contribution is -0.131. The number of para-hydroxylation sites is 1. The second kappa shape index (κ2) is 9.69. The average Bonchev–Trinajstić information content (AvgIpc) is 2.75. The number of hydroxylamine groups is 1. The molecule has 2 aromatic rings. The highest BCUT2D eigenvalue weighted by Crippen LogP contribution is 2.29. The topological polar surface area (TPSA) is 117 Å². The van der Waals surface area contributed by atoms with Crippen LogP contribution in [0.5, 0.6) is 5.75 Å². The van der Waals surface area contributed by atoms with Gasteiger partial charge in [-0.05, 0) is 56.2 Å². The van der Waals surface area contributed by atoms with Crippen molar-refractivity contribution in [2.45, 2.75) is 45.4 Å². The van der Waals surface area contributed by atoms with Crippen molar-refractivity contribution in [3.8, 4) is 5.75 Å². The molecule has 1 atom stereocenters. The maximum absolute atomic E-state index is 13.1. The number of hydrogen-bond donors (Lipinski definition) is 3. The molecule has 32 heavy (non-hydrogen) atoms. The van der Waals surface area contributed by atoms with E-state index in [0.29, 0.717) is 17.9 Å². The predicted molar refractivity (Wildman–Crippen MR) is 116 cm³/mol. The number of carbonyl (C=O) groups is 3. The molecule has 0 bridgehead atoms. The molecule has 0 aromatic heterocycles. The third-order valence-corrected chi connectivity index (χ3v) is 4.77. The molecular formula is C23H27N3O6. The van der Waals surface area contributed by atoms with E-state index < -0.39 is 23.6 Å². The maximum atomic E-state index is 13.1. The van der Waals surface area contributed by atoms with E-state index in [1.807, 2.05) is 18.2 Å². The average molecular weight is 441 g/mol. The second-order valence-corrected chi connectivity index (χ2v) is 8.44. The molecule has 1 aliphatic heterocycles. The van der Waals surface area contributed by atoms with Crippen LogP contribution in [0, 0.1) is 0 Å². The molecular weight excluding hydrogens is 414 g/mol. The van der Waals surface area contributed by atoms with Crippen molar-refractivity contribution in [2.24, 2.45) is 0 Å². The van der Waals surface area contributed by atoms with Crippen LogP contribution in [0.15, 0.2) is 48.5 Å². The van der Waals surface area contributed by atoms with Gasteiger partial charge in [-0.2, -0.15) is 0 Å². The molecule has 9 nitrogen and oxygen atoms in total. The molecule has 0 saturated carbocycles. The summed E-state index contributed by atoms with van der Waals surface area (Å²) in [7, 11) is 0. The summed E-state index contributed by atoms with van der Waals surface area (Å²) in [5, 5.41) is 11.5. The molecule has 3 rings (SSSR count). The fourth-order valence-corrected chi connectivity index (χ4v) is 3.33. The highest BCUT2D eigenvalue weighted by Gasteiger charge is 2.37. The van der Waals surface area contributed by atoms with Crippen LogP contribution >= 0.6 is 0 Å². The SMILES string of the molecule is CC(C)(C)OC(=O)N1Cc2cc(OCC(=O)NO)ccc2C[C@H]1C(=O)Nc1ccccc1. The number of ether oxygens (including phenoxy) is 2. The summed E-state index contributed by atoms with van der Waals surface area (Å²) in [6.07, 6.45) is -0.299. The molecule has 1 aliphatic rings. The van der Waals surface area contributed by atoms with Crippen molar-refractivity contribution >= 4 is 23.6 Å². The normalized spacial score (nSPS) is 15.4. The maximum Gasteiger partial charge on any atom is 0.411 e. The zero-order valence-electron chi connectivity index (χ0n) is 18.3. The first-order valence-electron chi connectivity index (χ1n) is 10.2. The minimum Gasteiger partial charge on any atom is -0.484 e. The van der Waals surface area contributed by atoms with Gasteiger partial charge in [0.15, 0.2) is 6.61 Å². The van der Waals surface area contributed by atoms with Crippen LogP contribution in [0.4, 0.5) is 10.5 Å². The lowest BCUT2D eigenvalue weighted by Crippen LogP contribution is -2.52. The standard InChI is InChI=1S/C23H27N3O6/c1-23(2,3)32-22(29)26-13-16-11-18(31-14-20(27)25-30)10-9-15(16)12-19(26)21(28)24-17-7-5-4-6-8-17/h4-11,19,30H,12-14H2,1-3H3,(H,24,28)(H,25,27)/t19-/m0/s1. The minimum atomic E-state index is -0.760. The summed E-state index contributed by atoms with van der Waals surface area (Å²) in [4.78, 5) is 38.6. The van der Waals surface area contributed by atoms with Gasteiger partial charge in [-0.1, -0.05) is 24.3 Å². The number of fused-ring (bicyclic) bond motifs is 1. The summed E-state index contributed by atoms with van der Waals surface area (Å²) in [6, 6.07) is 13.5. The van der Waals surface area contributed by atoms with E-state index in [4.69, 9.17) is 14.7 Å². The first-order valence-corrected chi connectivity index (χ1v) is 10.2. The Kier molecular flexibility index (Phi) is 6.99. The van der Waals surface area contributed by atoms with Crippen LogP contribution < -0.4 is 15.5 Å². The number of hydrogen-bond acceptors (Lipinski definition) is 6. The largest absolute Gasteiger partial charge is 0.484 e. The fourth-order valence-electron chi connectivity index (χ4n) is 3.33. The van der Waals surface area contributed by atoms with Crippen molar-refractivity contribution in [3.63, 3.8) is 0 Å². The number of amides is 3. The van der Waals surface area contributed by atoms with Gasteiger partial charge >= 0.3 is 6.09 Å². The Balaban J connectivity index is 1.84. The Morgan fingerprint density at radius 1 is 1.09 bits per heavy atom. The molecule has 0 aliphatic carbocycles. The van der Waals surface area contributed by atoms with Gasteiger partial charge in [-0.15, -0.1) is 0 Å². The first-order chi connectivity index (χ1) is 15.2. The fraction of sp³-hybridized carbons (Fsp3) is 0.348. The molecule has 0 unspecified atom stereocenters. The summed E-state index contributed by atoms with van der Waals surface area (Å²) in [6.45, 7) is 5.08. The lowest BCUT2D eigenvalue weighted by Gasteiger charge is -2.37. The Hall–Kier alpha value is -3.59. The highest BCUT2D eigenvalue weighted by molar-refractivity contribution is 5.97. The smallest absolute Gasteiger partial charge is 0.411 e. The molecule has 0 fully saturated rings. The molecule has 3 N–H and O–H groups in total. The Morgan fingerprint density at radius 2 is 1.81 bits per heavy atom. The molecule has 2 aromatic carbocycles. The van der Waals surface area contributed by atoms with E-state index in [1.165, 1.54) is 10.4 Å². The van der Waals surface area contributed by atoms with Gasteiger partial charge in [0, 0.05) is 12.1 Å². The van der Waals surface area contributed by atoms with Crippen molar-refractivity contribution in [2.75, 3.05) is 11.9 Å². The quantitative estimate of drug-likeness (QED) is 0.485. The summed E-state index contributed by atoms with van der Waals surface area (Å²) < 4.78 is 10.9. The highest BCUT2D eigenvalue weighted by atomic mass is 16.6. The lowest BCUT2D eigenvalue weighted by atomic mass is 9.93. The van der Waals surface area contributed by atoms with Gasteiger partial charge in [-0.25, -0.2) is 10.3 Å². The zero-order valence-corrected chi connectivity index (χ0v) is 18.3. The van der Waals surface area contributed by atoms with Crippen LogP contribution in [0.1, 0.15) is 31.9 Å². The number of nitrogens with zero attached hydrogens (tertiary/aromatic N) is 1. The van der Waals surface area contributed by atoms with Gasteiger partial charge in [-0.3, -0.25) is 19.7 Å². The number of anilines is 1. The number of nitrogens with one attached hydrogen (secondary N) is 2. The predicted octanol–water partition coefficient (Wildman–Crippen LogP) is 2.87. The summed E-state index contributed by atoms with van der Waals surface area (Å²) >= 11 is 0. The van der Waals surface area contributed by atoms with Crippen LogP contribution in [0.2, 0.25) is 0 Å². The van der Waals surface area contributed by atoms with Gasteiger partial charge in [0.2, 0.25) is 5.91 Å². The molecule has 0 radical (unpaired) electrons. The van der Waals surface area contributed by atoms with E-state index in [0.717, 1.165) is 11.1 Å². The first kappa shape index (κ1) is 23.1. The van der Waals surface area contributed by atoms with Crippen molar-refractivity contribution in [1.29, 1.82) is 0 Å². The van der Waals surface area contributed by atoms with Gasteiger partial charge in [0.05, 0.1) is 6.54 Å². The molecule has 3 amide bonds. The Morgan fingerprint density at radius 3 is 2.47 bits per heavy atom. The van der Waals surface area contributed by atoms with E-state index >= 15 is 0 Å². The summed E-state index contributed by atoms with van der Waals surface area (Å²) in [5.74, 6) is -0.591. The minimum absolute atomic E-state index is 0.139. The molecule has 9 heteroatoms. The van der Waals surface area contributed by atoms with E-state index in [-0.39, 0.29) is 19.1 Å². The number of carbonyl (C=O) groups excluding carboxylic acids is 3. The van der Waals surface area contributed by atoms with Crippen LogP contribution in [-0.4, -0.2) is 46.3 Å². The number of benzene rings is 2. The van der Waals surface area contributed by atoms with Crippen molar-refractivity contribution < 1.29 is 29.1 Å². The molecule has 0 spiro atoms. The van der Waals surface area contributed by atoms with Crippen LogP contribution in [0.3, 0.4) is 0 Å². The zero-order chi connectivity index (χ0) is 23.3. The van der Waals surface area contributed by atoms with Gasteiger partial charge in [0.1, 0.15) is 17.4 Å². The Bertz CT molecular complexity index is 987. The van der Waals surface area contributed by atoms with E-state index in [1.54, 1.807) is 51.1 Å². The molecule has 170 valence electrons. The summed E-state index contributed by atoms with van der Waals surface area (Å²) in [5.41, 5.74) is 3.08. The van der Waals surface area contributed by atoms with Crippen LogP contribution in [-0.2, 0) is 27.3 Å². The van der Waals surface area contributed by atoms with Crippen molar-refractivity contribution in [3.05, 3.63) is 59.7 Å². The molecule has 0 saturated heterocycles. The van der Waals surface area contributed by atoms with E-state index in [2.05, 4.69) is 5.32 Å².